The Balaban J connectivity index is 1.74. The maximum atomic E-state index is 12.3. The predicted molar refractivity (Wildman–Crippen MR) is 134 cm³/mol. The average molecular weight is 495 g/mol. The molecule has 0 saturated carbocycles. The smallest absolute Gasteiger partial charge is 0.262 e. The van der Waals surface area contributed by atoms with Gasteiger partial charge in [0.15, 0.2) is 18.1 Å². The van der Waals surface area contributed by atoms with Gasteiger partial charge in [-0.3, -0.25) is 9.79 Å². The summed E-state index contributed by atoms with van der Waals surface area (Å²) < 4.78 is 12.3. The molecule has 0 radical (unpaired) electrons. The first kappa shape index (κ1) is 23.5. The molecule has 166 valence electrons. The van der Waals surface area contributed by atoms with E-state index in [1.165, 1.54) is 5.56 Å². The Morgan fingerprint density at radius 1 is 1.03 bits per heavy atom. The number of aliphatic imine (C=N–C) groups is 1. The highest BCUT2D eigenvalue weighted by Crippen LogP contribution is 2.37. The maximum Gasteiger partial charge on any atom is 0.262 e. The molecule has 5 nitrogen and oxygen atoms in total. The Hall–Kier alpha value is -3.12. The van der Waals surface area contributed by atoms with Crippen molar-refractivity contribution >= 4 is 39.4 Å². The SMILES string of the molecule is CCOc1cc(C=Nc2ccc(C)cc2C)cc(Br)c1OCC(=O)Nc1cccc(C)c1. The van der Waals surface area contributed by atoms with Crippen LogP contribution < -0.4 is 14.8 Å². The van der Waals surface area contributed by atoms with Crippen molar-refractivity contribution in [1.29, 1.82) is 0 Å². The Labute approximate surface area is 197 Å². The van der Waals surface area contributed by atoms with Crippen LogP contribution in [-0.2, 0) is 4.79 Å². The molecule has 6 heteroatoms. The number of carbonyl (C=O) groups is 1. The topological polar surface area (TPSA) is 59.9 Å². The summed E-state index contributed by atoms with van der Waals surface area (Å²) >= 11 is 3.55. The van der Waals surface area contributed by atoms with Crippen molar-refractivity contribution in [3.8, 4) is 11.5 Å². The summed E-state index contributed by atoms with van der Waals surface area (Å²) in [5, 5.41) is 2.84. The lowest BCUT2D eigenvalue weighted by Gasteiger charge is -2.14. The van der Waals surface area contributed by atoms with Crippen LogP contribution in [0.5, 0.6) is 11.5 Å². The summed E-state index contributed by atoms with van der Waals surface area (Å²) in [6, 6.07) is 17.5. The molecule has 0 aliphatic carbocycles. The number of hydrogen-bond acceptors (Lipinski definition) is 4. The quantitative estimate of drug-likeness (QED) is 0.361. The van der Waals surface area contributed by atoms with E-state index < -0.39 is 0 Å². The van der Waals surface area contributed by atoms with Crippen LogP contribution in [0.2, 0.25) is 0 Å². The highest BCUT2D eigenvalue weighted by atomic mass is 79.9. The van der Waals surface area contributed by atoms with Crippen molar-refractivity contribution in [2.45, 2.75) is 27.7 Å². The molecule has 1 N–H and O–H groups in total. The molecule has 0 atom stereocenters. The van der Waals surface area contributed by atoms with Gasteiger partial charge in [0.25, 0.3) is 5.91 Å². The molecular weight excluding hydrogens is 468 g/mol. The molecule has 0 bridgehead atoms. The zero-order chi connectivity index (χ0) is 23.1. The first-order valence-corrected chi connectivity index (χ1v) is 11.2. The van der Waals surface area contributed by atoms with Gasteiger partial charge in [-0.15, -0.1) is 0 Å². The van der Waals surface area contributed by atoms with E-state index in [2.05, 4.69) is 39.2 Å². The number of aryl methyl sites for hydroxylation is 3. The van der Waals surface area contributed by atoms with Gasteiger partial charge in [-0.25, -0.2) is 0 Å². The van der Waals surface area contributed by atoms with Gasteiger partial charge in [0.05, 0.1) is 16.8 Å². The molecule has 0 heterocycles. The summed E-state index contributed by atoms with van der Waals surface area (Å²) in [4.78, 5) is 17.0. The third kappa shape index (κ3) is 6.44. The molecular formula is C26H27BrN2O3. The molecule has 0 aromatic heterocycles. The minimum atomic E-state index is -0.245. The molecule has 3 aromatic rings. The van der Waals surface area contributed by atoms with Gasteiger partial charge in [0.2, 0.25) is 0 Å². The van der Waals surface area contributed by atoms with Crippen LogP contribution in [-0.4, -0.2) is 25.3 Å². The fourth-order valence-electron chi connectivity index (χ4n) is 3.22. The maximum absolute atomic E-state index is 12.3. The normalized spacial score (nSPS) is 10.9. The Morgan fingerprint density at radius 2 is 1.81 bits per heavy atom. The summed E-state index contributed by atoms with van der Waals surface area (Å²) in [5.74, 6) is 0.785. The summed E-state index contributed by atoms with van der Waals surface area (Å²) in [5.41, 5.74) is 5.90. The summed E-state index contributed by atoms with van der Waals surface area (Å²) in [7, 11) is 0. The van der Waals surface area contributed by atoms with E-state index in [1.54, 1.807) is 6.21 Å². The van der Waals surface area contributed by atoms with Gasteiger partial charge < -0.3 is 14.8 Å². The van der Waals surface area contributed by atoms with Gasteiger partial charge >= 0.3 is 0 Å². The highest BCUT2D eigenvalue weighted by molar-refractivity contribution is 9.10. The summed E-state index contributed by atoms with van der Waals surface area (Å²) in [6.45, 7) is 8.31. The van der Waals surface area contributed by atoms with Crippen LogP contribution in [0, 0.1) is 20.8 Å². The van der Waals surface area contributed by atoms with Crippen LogP contribution >= 0.6 is 15.9 Å². The molecule has 32 heavy (non-hydrogen) atoms. The van der Waals surface area contributed by atoms with Crippen molar-refractivity contribution in [3.05, 3.63) is 81.3 Å². The second kappa shape index (κ2) is 11.0. The van der Waals surface area contributed by atoms with Gasteiger partial charge in [0.1, 0.15) is 0 Å². The van der Waals surface area contributed by atoms with Crippen molar-refractivity contribution in [3.63, 3.8) is 0 Å². The van der Waals surface area contributed by atoms with Crippen LogP contribution in [0.1, 0.15) is 29.2 Å². The minimum absolute atomic E-state index is 0.136. The number of benzene rings is 3. The van der Waals surface area contributed by atoms with Crippen LogP contribution in [0.15, 0.2) is 64.1 Å². The zero-order valence-electron chi connectivity index (χ0n) is 18.7. The van der Waals surface area contributed by atoms with E-state index in [0.717, 1.165) is 28.1 Å². The highest BCUT2D eigenvalue weighted by Gasteiger charge is 2.14. The van der Waals surface area contributed by atoms with Crippen LogP contribution in [0.25, 0.3) is 0 Å². The van der Waals surface area contributed by atoms with Crippen LogP contribution in [0.4, 0.5) is 11.4 Å². The zero-order valence-corrected chi connectivity index (χ0v) is 20.3. The van der Waals surface area contributed by atoms with E-state index in [4.69, 9.17) is 9.47 Å². The number of halogens is 1. The fourth-order valence-corrected chi connectivity index (χ4v) is 3.79. The molecule has 0 saturated heterocycles. The Kier molecular flexibility index (Phi) is 8.06. The van der Waals surface area contributed by atoms with Gasteiger partial charge in [-0.2, -0.15) is 0 Å². The van der Waals surface area contributed by atoms with Gasteiger partial charge in [-0.1, -0.05) is 29.8 Å². The van der Waals surface area contributed by atoms with Crippen molar-refractivity contribution in [1.82, 2.24) is 0 Å². The number of rotatable bonds is 8. The number of carbonyl (C=O) groups excluding carboxylic acids is 1. The lowest BCUT2D eigenvalue weighted by atomic mass is 10.1. The average Bonchev–Trinajstić information content (AvgIpc) is 2.73. The predicted octanol–water partition coefficient (Wildman–Crippen LogP) is 6.54. The lowest BCUT2D eigenvalue weighted by Crippen LogP contribution is -2.20. The Morgan fingerprint density at radius 3 is 2.53 bits per heavy atom. The van der Waals surface area contributed by atoms with Crippen molar-refractivity contribution in [2.24, 2.45) is 4.99 Å². The second-order valence-electron chi connectivity index (χ2n) is 7.52. The standard InChI is InChI=1S/C26H27BrN2O3/c1-5-31-24-14-20(15-28-23-10-9-18(3)11-19(23)4)13-22(27)26(24)32-16-25(30)29-21-8-6-7-17(2)12-21/h6-15H,5,16H2,1-4H3,(H,29,30). The largest absolute Gasteiger partial charge is 0.490 e. The second-order valence-corrected chi connectivity index (χ2v) is 8.37. The monoisotopic (exact) mass is 494 g/mol. The molecule has 3 aromatic carbocycles. The first-order valence-electron chi connectivity index (χ1n) is 10.4. The molecule has 0 aliphatic heterocycles. The summed E-state index contributed by atoms with van der Waals surface area (Å²) in [6.07, 6.45) is 1.79. The van der Waals surface area contributed by atoms with E-state index in [1.807, 2.05) is 69.3 Å². The molecule has 0 aliphatic rings. The minimum Gasteiger partial charge on any atom is -0.490 e. The van der Waals surface area contributed by atoms with E-state index in [9.17, 15) is 4.79 Å². The van der Waals surface area contributed by atoms with E-state index in [-0.39, 0.29) is 12.5 Å². The fraction of sp³-hybridized carbons (Fsp3) is 0.231. The molecule has 0 fully saturated rings. The number of amides is 1. The molecule has 0 unspecified atom stereocenters. The first-order chi connectivity index (χ1) is 15.4. The van der Waals surface area contributed by atoms with E-state index >= 15 is 0 Å². The van der Waals surface area contributed by atoms with Crippen molar-refractivity contribution in [2.75, 3.05) is 18.5 Å². The molecule has 3 rings (SSSR count). The third-order valence-corrected chi connectivity index (χ3v) is 5.28. The molecule has 0 spiro atoms. The van der Waals surface area contributed by atoms with E-state index in [0.29, 0.717) is 22.6 Å². The number of nitrogens with one attached hydrogen (secondary N) is 1. The van der Waals surface area contributed by atoms with Crippen molar-refractivity contribution < 1.29 is 14.3 Å². The number of ether oxygens (including phenoxy) is 2. The number of anilines is 1. The molecule has 1 amide bonds. The third-order valence-electron chi connectivity index (χ3n) is 4.69. The Bertz CT molecular complexity index is 1140. The van der Waals surface area contributed by atoms with Crippen LogP contribution in [0.3, 0.4) is 0 Å². The lowest BCUT2D eigenvalue weighted by molar-refractivity contribution is -0.118. The van der Waals surface area contributed by atoms with Gasteiger partial charge in [0, 0.05) is 11.9 Å². The number of nitrogens with zero attached hydrogens (tertiary/aromatic N) is 1. The number of hydrogen-bond donors (Lipinski definition) is 1. The van der Waals surface area contributed by atoms with Gasteiger partial charge in [-0.05, 0) is 90.6 Å².